The Hall–Kier alpha value is -1.65. The number of carbonyl (C=O) groups excluding carboxylic acids is 2. The fourth-order valence-corrected chi connectivity index (χ4v) is 1.58. The number of rotatable bonds is 2. The predicted molar refractivity (Wildman–Crippen MR) is 51.6 cm³/mol. The van der Waals surface area contributed by atoms with Gasteiger partial charge in [-0.05, 0) is 19.4 Å². The Kier molecular flexibility index (Phi) is 3.16. The Labute approximate surface area is 90.1 Å². The normalized spacial score (nSPS) is 11.3. The molecule has 0 radical (unpaired) electrons. The Balaban J connectivity index is 3.69. The van der Waals surface area contributed by atoms with E-state index in [0.717, 1.165) is 13.0 Å². The van der Waals surface area contributed by atoms with E-state index in [9.17, 15) is 22.8 Å². The molecule has 86 valence electrons. The van der Waals surface area contributed by atoms with Gasteiger partial charge in [0.2, 0.25) is 0 Å². The molecule has 0 saturated heterocycles. The molecule has 1 aromatic carbocycles. The van der Waals surface area contributed by atoms with Crippen molar-refractivity contribution in [3.63, 3.8) is 0 Å². The Morgan fingerprint density at radius 2 is 1.88 bits per heavy atom. The molecule has 0 bridgehead atoms. The molecule has 1 rings (SSSR count). The molecule has 0 aliphatic rings. The van der Waals surface area contributed by atoms with E-state index < -0.39 is 28.6 Å². The van der Waals surface area contributed by atoms with Crippen molar-refractivity contribution in [3.8, 4) is 0 Å². The number of alkyl halides is 3. The second-order valence-electron chi connectivity index (χ2n) is 3.39. The summed E-state index contributed by atoms with van der Waals surface area (Å²) in [6, 6.07) is 2.40. The number of ketones is 1. The van der Waals surface area contributed by atoms with Gasteiger partial charge in [-0.25, -0.2) is 0 Å². The van der Waals surface area contributed by atoms with Crippen LogP contribution >= 0.6 is 0 Å². The minimum absolute atomic E-state index is 0.106. The lowest BCUT2D eigenvalue weighted by molar-refractivity contribution is -0.138. The maximum absolute atomic E-state index is 12.7. The molecule has 0 amide bonds. The third-order valence-corrected chi connectivity index (χ3v) is 2.21. The molecule has 1 aromatic rings. The highest BCUT2D eigenvalue weighted by Crippen LogP contribution is 2.35. The minimum Gasteiger partial charge on any atom is -0.298 e. The number of benzene rings is 1. The Morgan fingerprint density at radius 3 is 2.25 bits per heavy atom. The second kappa shape index (κ2) is 4.08. The molecule has 0 atom stereocenters. The summed E-state index contributed by atoms with van der Waals surface area (Å²) in [7, 11) is 0. The van der Waals surface area contributed by atoms with E-state index in [4.69, 9.17) is 0 Å². The fraction of sp³-hybridized carbons (Fsp3) is 0.273. The topological polar surface area (TPSA) is 34.1 Å². The molecule has 5 heteroatoms. The van der Waals surface area contributed by atoms with Gasteiger partial charge in [0.25, 0.3) is 0 Å². The smallest absolute Gasteiger partial charge is 0.298 e. The van der Waals surface area contributed by atoms with Gasteiger partial charge in [0, 0.05) is 11.1 Å². The number of halogens is 3. The summed E-state index contributed by atoms with van der Waals surface area (Å²) in [5, 5.41) is 0. The molecule has 0 aliphatic heterocycles. The van der Waals surface area contributed by atoms with Gasteiger partial charge in [0.15, 0.2) is 12.1 Å². The lowest BCUT2D eigenvalue weighted by atomic mass is 9.94. The predicted octanol–water partition coefficient (Wildman–Crippen LogP) is 3.03. The molecule has 2 nitrogen and oxygen atoms in total. The van der Waals surface area contributed by atoms with E-state index in [1.807, 2.05) is 0 Å². The molecular formula is C11H9F3O2. The SMILES string of the molecule is CC(=O)c1c(C)ccc(C=O)c1C(F)(F)F. The standard InChI is InChI=1S/C11H9F3O2/c1-6-3-4-8(5-15)10(11(12,13)14)9(6)7(2)16/h3-5H,1-2H3. The first-order valence-electron chi connectivity index (χ1n) is 4.46. The van der Waals surface area contributed by atoms with Crippen LogP contribution in [0.2, 0.25) is 0 Å². The molecule has 16 heavy (non-hydrogen) atoms. The van der Waals surface area contributed by atoms with Crippen LogP contribution < -0.4 is 0 Å². The average molecular weight is 230 g/mol. The molecule has 0 aromatic heterocycles. The van der Waals surface area contributed by atoms with E-state index in [1.54, 1.807) is 0 Å². The Morgan fingerprint density at radius 1 is 1.31 bits per heavy atom. The molecule has 0 aliphatic carbocycles. The zero-order valence-corrected chi connectivity index (χ0v) is 8.68. The molecular weight excluding hydrogens is 221 g/mol. The van der Waals surface area contributed by atoms with E-state index >= 15 is 0 Å². The van der Waals surface area contributed by atoms with Crippen LogP contribution in [0.4, 0.5) is 13.2 Å². The summed E-state index contributed by atoms with van der Waals surface area (Å²) in [6.45, 7) is 2.45. The van der Waals surface area contributed by atoms with Crippen molar-refractivity contribution >= 4 is 12.1 Å². The molecule has 0 N–H and O–H groups in total. The van der Waals surface area contributed by atoms with Crippen LogP contribution in [0.1, 0.15) is 38.8 Å². The van der Waals surface area contributed by atoms with Crippen molar-refractivity contribution in [1.29, 1.82) is 0 Å². The largest absolute Gasteiger partial charge is 0.417 e. The summed E-state index contributed by atoms with van der Waals surface area (Å²) in [5.74, 6) is -0.700. The first kappa shape index (κ1) is 12.4. The first-order valence-corrected chi connectivity index (χ1v) is 4.46. The molecule has 0 saturated carbocycles. The lowest BCUT2D eigenvalue weighted by Crippen LogP contribution is -2.16. The second-order valence-corrected chi connectivity index (χ2v) is 3.39. The maximum atomic E-state index is 12.7. The van der Waals surface area contributed by atoms with Gasteiger partial charge in [0.1, 0.15) is 0 Å². The van der Waals surface area contributed by atoms with Crippen LogP contribution in [0.15, 0.2) is 12.1 Å². The number of aldehydes is 1. The van der Waals surface area contributed by atoms with Crippen molar-refractivity contribution in [2.75, 3.05) is 0 Å². The number of Topliss-reactive ketones (excluding diaryl/α,β-unsaturated/α-hetero) is 1. The van der Waals surface area contributed by atoms with Crippen molar-refractivity contribution in [2.24, 2.45) is 0 Å². The highest BCUT2D eigenvalue weighted by Gasteiger charge is 2.37. The van der Waals surface area contributed by atoms with Crippen LogP contribution in [0.3, 0.4) is 0 Å². The highest BCUT2D eigenvalue weighted by atomic mass is 19.4. The monoisotopic (exact) mass is 230 g/mol. The van der Waals surface area contributed by atoms with Gasteiger partial charge < -0.3 is 0 Å². The van der Waals surface area contributed by atoms with Gasteiger partial charge in [-0.15, -0.1) is 0 Å². The highest BCUT2D eigenvalue weighted by molar-refractivity contribution is 5.99. The van der Waals surface area contributed by atoms with E-state index in [0.29, 0.717) is 0 Å². The van der Waals surface area contributed by atoms with Gasteiger partial charge in [-0.2, -0.15) is 13.2 Å². The van der Waals surface area contributed by atoms with Gasteiger partial charge in [0.05, 0.1) is 5.56 Å². The van der Waals surface area contributed by atoms with Crippen LogP contribution in [-0.2, 0) is 6.18 Å². The van der Waals surface area contributed by atoms with Gasteiger partial charge in [-0.3, -0.25) is 9.59 Å². The third-order valence-electron chi connectivity index (χ3n) is 2.21. The number of carbonyl (C=O) groups is 2. The first-order chi connectivity index (χ1) is 7.29. The van der Waals surface area contributed by atoms with E-state index in [2.05, 4.69) is 0 Å². The van der Waals surface area contributed by atoms with Crippen molar-refractivity contribution in [3.05, 3.63) is 34.4 Å². The fourth-order valence-electron chi connectivity index (χ4n) is 1.58. The summed E-state index contributed by atoms with van der Waals surface area (Å²) < 4.78 is 38.2. The van der Waals surface area contributed by atoms with Gasteiger partial charge in [-0.1, -0.05) is 12.1 Å². The van der Waals surface area contributed by atoms with Crippen LogP contribution in [0.5, 0.6) is 0 Å². The Bertz CT molecular complexity index is 447. The maximum Gasteiger partial charge on any atom is 0.417 e. The van der Waals surface area contributed by atoms with Crippen molar-refractivity contribution < 1.29 is 22.8 Å². The van der Waals surface area contributed by atoms with Crippen molar-refractivity contribution in [1.82, 2.24) is 0 Å². The van der Waals surface area contributed by atoms with Crippen LogP contribution in [0.25, 0.3) is 0 Å². The lowest BCUT2D eigenvalue weighted by Gasteiger charge is -2.15. The third kappa shape index (κ3) is 2.13. The van der Waals surface area contributed by atoms with Crippen LogP contribution in [0, 0.1) is 6.92 Å². The summed E-state index contributed by atoms with van der Waals surface area (Å²) in [6.07, 6.45) is -4.60. The summed E-state index contributed by atoms with van der Waals surface area (Å²) >= 11 is 0. The van der Waals surface area contributed by atoms with Crippen LogP contribution in [-0.4, -0.2) is 12.1 Å². The quantitative estimate of drug-likeness (QED) is 0.578. The average Bonchev–Trinajstić information content (AvgIpc) is 2.15. The van der Waals surface area contributed by atoms with E-state index in [-0.39, 0.29) is 11.8 Å². The number of hydrogen-bond acceptors (Lipinski definition) is 2. The summed E-state index contributed by atoms with van der Waals surface area (Å²) in [5.41, 5.74) is -1.87. The summed E-state index contributed by atoms with van der Waals surface area (Å²) in [4.78, 5) is 21.7. The molecule has 0 fully saturated rings. The molecule has 0 unspecified atom stereocenters. The molecule has 0 heterocycles. The minimum atomic E-state index is -4.71. The number of hydrogen-bond donors (Lipinski definition) is 0. The number of aryl methyl sites for hydroxylation is 1. The van der Waals surface area contributed by atoms with Crippen molar-refractivity contribution in [2.45, 2.75) is 20.0 Å². The van der Waals surface area contributed by atoms with Gasteiger partial charge >= 0.3 is 6.18 Å². The zero-order valence-electron chi connectivity index (χ0n) is 8.68. The van der Waals surface area contributed by atoms with E-state index in [1.165, 1.54) is 13.0 Å². The molecule has 0 spiro atoms. The zero-order chi connectivity index (χ0) is 12.5.